The van der Waals surface area contributed by atoms with Gasteiger partial charge in [0.15, 0.2) is 0 Å². The Kier molecular flexibility index (Phi) is 4.66. The van der Waals surface area contributed by atoms with Crippen LogP contribution in [0.5, 0.6) is 0 Å². The van der Waals surface area contributed by atoms with Crippen LogP contribution in [0.4, 0.5) is 0 Å². The number of rotatable bonds is 4. The number of nitrogens with zero attached hydrogens (tertiary/aromatic N) is 2. The van der Waals surface area contributed by atoms with E-state index >= 15 is 0 Å². The number of amides is 2. The smallest absolute Gasteiger partial charge is 0.228 e. The number of hydrogen-bond acceptors (Lipinski definition) is 2. The van der Waals surface area contributed by atoms with Gasteiger partial charge in [-0.3, -0.25) is 9.59 Å². The summed E-state index contributed by atoms with van der Waals surface area (Å²) in [7, 11) is 1.79. The van der Waals surface area contributed by atoms with Gasteiger partial charge in [-0.05, 0) is 26.3 Å². The van der Waals surface area contributed by atoms with Crippen molar-refractivity contribution in [2.45, 2.75) is 33.2 Å². The summed E-state index contributed by atoms with van der Waals surface area (Å²) in [6, 6.07) is 7.97. The van der Waals surface area contributed by atoms with Crippen LogP contribution in [0.3, 0.4) is 0 Å². The van der Waals surface area contributed by atoms with Crippen molar-refractivity contribution in [3.63, 3.8) is 0 Å². The molecule has 1 heterocycles. The summed E-state index contributed by atoms with van der Waals surface area (Å²) in [4.78, 5) is 28.3. The third-order valence-corrected chi connectivity index (χ3v) is 4.40. The molecule has 0 aromatic heterocycles. The molecule has 1 aliphatic heterocycles. The maximum absolute atomic E-state index is 12.7. The van der Waals surface area contributed by atoms with Gasteiger partial charge in [0.25, 0.3) is 0 Å². The normalized spacial score (nSPS) is 21.7. The molecule has 1 aromatic carbocycles. The van der Waals surface area contributed by atoms with Crippen molar-refractivity contribution in [2.75, 3.05) is 20.1 Å². The molecule has 0 aliphatic carbocycles. The zero-order valence-electron chi connectivity index (χ0n) is 13.3. The summed E-state index contributed by atoms with van der Waals surface area (Å²) in [5, 5.41) is 0. The van der Waals surface area contributed by atoms with Crippen LogP contribution in [0.1, 0.15) is 37.4 Å². The zero-order chi connectivity index (χ0) is 15.6. The largest absolute Gasteiger partial charge is 0.343 e. The Morgan fingerprint density at radius 2 is 1.81 bits per heavy atom. The van der Waals surface area contributed by atoms with Gasteiger partial charge in [0.1, 0.15) is 0 Å². The minimum absolute atomic E-state index is 0.0473. The number of carbonyl (C=O) groups is 2. The summed E-state index contributed by atoms with van der Waals surface area (Å²) in [5.74, 6) is -0.139. The second-order valence-corrected chi connectivity index (χ2v) is 5.68. The summed E-state index contributed by atoms with van der Waals surface area (Å²) < 4.78 is 0. The molecule has 0 unspecified atom stereocenters. The molecule has 21 heavy (non-hydrogen) atoms. The summed E-state index contributed by atoms with van der Waals surface area (Å²) in [6.07, 6.45) is 0.310. The van der Waals surface area contributed by atoms with Gasteiger partial charge >= 0.3 is 0 Å². The Morgan fingerprint density at radius 1 is 1.24 bits per heavy atom. The van der Waals surface area contributed by atoms with Crippen LogP contribution in [0.2, 0.25) is 0 Å². The van der Waals surface area contributed by atoms with Crippen LogP contribution in [0.15, 0.2) is 24.3 Å². The van der Waals surface area contributed by atoms with Crippen LogP contribution < -0.4 is 0 Å². The summed E-state index contributed by atoms with van der Waals surface area (Å²) in [6.45, 7) is 7.35. The predicted molar refractivity (Wildman–Crippen MR) is 82.7 cm³/mol. The van der Waals surface area contributed by atoms with Crippen molar-refractivity contribution in [3.8, 4) is 0 Å². The highest BCUT2D eigenvalue weighted by atomic mass is 16.2. The summed E-state index contributed by atoms with van der Waals surface area (Å²) >= 11 is 0. The number of aryl methyl sites for hydroxylation is 1. The molecule has 1 aromatic rings. The molecule has 4 heteroatoms. The molecule has 1 fully saturated rings. The van der Waals surface area contributed by atoms with Crippen molar-refractivity contribution in [1.82, 2.24) is 9.80 Å². The molecule has 0 spiro atoms. The Morgan fingerprint density at radius 3 is 2.33 bits per heavy atom. The maximum Gasteiger partial charge on any atom is 0.228 e. The van der Waals surface area contributed by atoms with Crippen molar-refractivity contribution in [1.29, 1.82) is 0 Å². The fraction of sp³-hybridized carbons (Fsp3) is 0.529. The Bertz CT molecular complexity index is 520. The topological polar surface area (TPSA) is 40.6 Å². The number of hydrogen-bond donors (Lipinski definition) is 0. The highest BCUT2D eigenvalue weighted by Gasteiger charge is 2.43. The average Bonchev–Trinajstić information content (AvgIpc) is 2.77. The number of benzene rings is 1. The monoisotopic (exact) mass is 288 g/mol. The van der Waals surface area contributed by atoms with E-state index in [1.54, 1.807) is 11.9 Å². The molecular weight excluding hydrogens is 264 g/mol. The lowest BCUT2D eigenvalue weighted by atomic mass is 9.92. The number of likely N-dealkylation sites (tertiary alicyclic amines) is 1. The summed E-state index contributed by atoms with van der Waals surface area (Å²) in [5.41, 5.74) is 2.22. The Hall–Kier alpha value is -1.84. The van der Waals surface area contributed by atoms with Gasteiger partial charge in [0.05, 0.1) is 12.0 Å². The van der Waals surface area contributed by atoms with E-state index in [9.17, 15) is 9.59 Å². The van der Waals surface area contributed by atoms with Gasteiger partial charge in [-0.25, -0.2) is 0 Å². The number of carbonyl (C=O) groups excluding carboxylic acids is 2. The van der Waals surface area contributed by atoms with E-state index in [1.807, 2.05) is 49.9 Å². The average molecular weight is 288 g/mol. The SMILES string of the molecule is CCN(CC)C(=O)[C@H]1CC(=O)N(C)[C@H]1c1ccc(C)cc1. The highest BCUT2D eigenvalue weighted by Crippen LogP contribution is 2.38. The molecule has 2 rings (SSSR count). The molecule has 0 saturated carbocycles. The van der Waals surface area contributed by atoms with Gasteiger partial charge < -0.3 is 9.80 Å². The molecule has 4 nitrogen and oxygen atoms in total. The maximum atomic E-state index is 12.7. The molecule has 2 amide bonds. The lowest BCUT2D eigenvalue weighted by molar-refractivity contribution is -0.136. The lowest BCUT2D eigenvalue weighted by Crippen LogP contribution is -2.38. The second-order valence-electron chi connectivity index (χ2n) is 5.68. The first-order valence-corrected chi connectivity index (χ1v) is 7.60. The van der Waals surface area contributed by atoms with E-state index in [4.69, 9.17) is 0 Å². The van der Waals surface area contributed by atoms with Gasteiger partial charge in [0, 0.05) is 26.6 Å². The molecule has 0 bridgehead atoms. The van der Waals surface area contributed by atoms with Crippen molar-refractivity contribution >= 4 is 11.8 Å². The van der Waals surface area contributed by atoms with Gasteiger partial charge in [0.2, 0.25) is 11.8 Å². The standard InChI is InChI=1S/C17H24N2O2/c1-5-19(6-2)17(21)14-11-15(20)18(4)16(14)13-9-7-12(3)8-10-13/h7-10,14,16H,5-6,11H2,1-4H3/t14-,16-/m0/s1. The van der Waals surface area contributed by atoms with Crippen molar-refractivity contribution in [3.05, 3.63) is 35.4 Å². The highest BCUT2D eigenvalue weighted by molar-refractivity contribution is 5.90. The Labute approximate surface area is 126 Å². The predicted octanol–water partition coefficient (Wildman–Crippen LogP) is 2.38. The Balaban J connectivity index is 2.33. The van der Waals surface area contributed by atoms with Gasteiger partial charge in [-0.1, -0.05) is 29.8 Å². The molecule has 114 valence electrons. The molecule has 1 saturated heterocycles. The molecule has 2 atom stereocenters. The third kappa shape index (κ3) is 2.94. The van der Waals surface area contributed by atoms with Gasteiger partial charge in [-0.15, -0.1) is 0 Å². The van der Waals surface area contributed by atoms with E-state index in [0.29, 0.717) is 19.5 Å². The van der Waals surface area contributed by atoms with Crippen LogP contribution in [-0.4, -0.2) is 41.8 Å². The molecular formula is C17H24N2O2. The van der Waals surface area contributed by atoms with Crippen LogP contribution in [0, 0.1) is 12.8 Å². The lowest BCUT2D eigenvalue weighted by Gasteiger charge is -2.28. The first kappa shape index (κ1) is 15.5. The van der Waals surface area contributed by atoms with Crippen LogP contribution >= 0.6 is 0 Å². The fourth-order valence-corrected chi connectivity index (χ4v) is 3.08. The van der Waals surface area contributed by atoms with Crippen molar-refractivity contribution < 1.29 is 9.59 Å². The zero-order valence-corrected chi connectivity index (χ0v) is 13.3. The molecule has 0 N–H and O–H groups in total. The minimum atomic E-state index is -0.273. The molecule has 0 radical (unpaired) electrons. The van der Waals surface area contributed by atoms with Crippen LogP contribution in [0.25, 0.3) is 0 Å². The third-order valence-electron chi connectivity index (χ3n) is 4.40. The van der Waals surface area contributed by atoms with Crippen molar-refractivity contribution in [2.24, 2.45) is 5.92 Å². The van der Waals surface area contributed by atoms with E-state index in [0.717, 1.165) is 5.56 Å². The van der Waals surface area contributed by atoms with E-state index < -0.39 is 0 Å². The van der Waals surface area contributed by atoms with E-state index in [1.165, 1.54) is 5.56 Å². The van der Waals surface area contributed by atoms with Crippen LogP contribution in [-0.2, 0) is 9.59 Å². The quantitative estimate of drug-likeness (QED) is 0.853. The van der Waals surface area contributed by atoms with E-state index in [2.05, 4.69) is 0 Å². The first-order chi connectivity index (χ1) is 9.99. The minimum Gasteiger partial charge on any atom is -0.343 e. The first-order valence-electron chi connectivity index (χ1n) is 7.60. The van der Waals surface area contributed by atoms with Gasteiger partial charge in [-0.2, -0.15) is 0 Å². The second kappa shape index (κ2) is 6.29. The van der Waals surface area contributed by atoms with E-state index in [-0.39, 0.29) is 23.8 Å². The fourth-order valence-electron chi connectivity index (χ4n) is 3.08. The molecule has 1 aliphatic rings.